The Labute approximate surface area is 278 Å². The quantitative estimate of drug-likeness (QED) is 0.251. The van der Waals surface area contributed by atoms with Gasteiger partial charge in [-0.25, -0.2) is 4.79 Å². The Hall–Kier alpha value is -5.20. The first-order valence-electron chi connectivity index (χ1n) is 16.4. The molecule has 2 aliphatic rings. The molecule has 254 valence electrons. The van der Waals surface area contributed by atoms with Crippen molar-refractivity contribution in [2.24, 2.45) is 0 Å². The third-order valence-corrected chi connectivity index (χ3v) is 8.79. The summed E-state index contributed by atoms with van der Waals surface area (Å²) in [6.45, 7) is 5.10. The molecule has 0 aliphatic carbocycles. The van der Waals surface area contributed by atoms with Crippen LogP contribution in [-0.4, -0.2) is 82.2 Å². The van der Waals surface area contributed by atoms with Gasteiger partial charge in [0.25, 0.3) is 0 Å². The number of hydrogen-bond acceptors (Lipinski definition) is 7. The predicted octanol–water partition coefficient (Wildman–Crippen LogP) is 1.78. The van der Waals surface area contributed by atoms with Crippen molar-refractivity contribution in [1.82, 2.24) is 31.2 Å². The first-order chi connectivity index (χ1) is 23.1. The van der Waals surface area contributed by atoms with Crippen molar-refractivity contribution in [2.75, 3.05) is 6.54 Å². The van der Waals surface area contributed by atoms with E-state index in [2.05, 4.69) is 26.3 Å². The number of nitrogens with zero attached hydrogens (tertiary/aromatic N) is 1. The van der Waals surface area contributed by atoms with Crippen LogP contribution in [0.3, 0.4) is 0 Å². The molecule has 5 N–H and O–H groups in total. The van der Waals surface area contributed by atoms with E-state index in [1.54, 1.807) is 42.6 Å². The van der Waals surface area contributed by atoms with E-state index in [0.717, 1.165) is 11.1 Å². The lowest BCUT2D eigenvalue weighted by Gasteiger charge is -2.31. The van der Waals surface area contributed by atoms with Crippen molar-refractivity contribution >= 4 is 46.4 Å². The molecule has 0 saturated carbocycles. The maximum atomic E-state index is 14.0. The van der Waals surface area contributed by atoms with E-state index in [1.807, 2.05) is 25.1 Å². The largest absolute Gasteiger partial charge is 0.458 e. The van der Waals surface area contributed by atoms with Gasteiger partial charge in [-0.05, 0) is 44.7 Å². The summed E-state index contributed by atoms with van der Waals surface area (Å²) in [5.74, 6) is -3.71. The molecule has 1 aromatic heterocycles. The minimum atomic E-state index is -1.38. The maximum Gasteiger partial charge on any atom is 0.333 e. The van der Waals surface area contributed by atoms with Crippen molar-refractivity contribution in [2.45, 2.75) is 89.2 Å². The molecule has 2 aliphatic heterocycles. The van der Waals surface area contributed by atoms with Gasteiger partial charge in [-0.3, -0.25) is 24.0 Å². The number of benzene rings is 2. The van der Waals surface area contributed by atoms with E-state index >= 15 is 0 Å². The normalized spacial score (nSPS) is 25.9. The second kappa shape index (κ2) is 15.1. The van der Waals surface area contributed by atoms with Gasteiger partial charge in [0.05, 0.1) is 0 Å². The minimum absolute atomic E-state index is 0.0838. The third kappa shape index (κ3) is 7.67. The SMILES string of the molecule is CCCC(=O)NC1C(=O)NC(Cc2ccccc2)C(=O)N[C@H](C)C(=O)N2CCCC2C(=O)NC(c2c[nH]c3ccccc23)C(=O)O[C@H]1C. The Morgan fingerprint density at radius 3 is 2.40 bits per heavy atom. The molecule has 5 rings (SSSR count). The number of carbonyl (C=O) groups is 6. The number of hydrogen-bond donors (Lipinski definition) is 5. The van der Waals surface area contributed by atoms with Crippen LogP contribution >= 0.6 is 0 Å². The van der Waals surface area contributed by atoms with Crippen molar-refractivity contribution in [3.63, 3.8) is 0 Å². The Balaban J connectivity index is 1.54. The third-order valence-electron chi connectivity index (χ3n) is 8.79. The first-order valence-corrected chi connectivity index (χ1v) is 16.4. The molecule has 0 spiro atoms. The van der Waals surface area contributed by atoms with E-state index < -0.39 is 71.8 Å². The van der Waals surface area contributed by atoms with Gasteiger partial charge < -0.3 is 35.9 Å². The average Bonchev–Trinajstić information content (AvgIpc) is 3.73. The van der Waals surface area contributed by atoms with Gasteiger partial charge in [-0.15, -0.1) is 0 Å². The fourth-order valence-electron chi connectivity index (χ4n) is 6.27. The fourth-order valence-corrected chi connectivity index (χ4v) is 6.27. The van der Waals surface area contributed by atoms with Crippen LogP contribution in [0.1, 0.15) is 63.6 Å². The van der Waals surface area contributed by atoms with Crippen LogP contribution < -0.4 is 21.3 Å². The molecule has 4 unspecified atom stereocenters. The highest BCUT2D eigenvalue weighted by atomic mass is 16.5. The van der Waals surface area contributed by atoms with E-state index in [0.29, 0.717) is 36.8 Å². The molecule has 3 aromatic rings. The number of esters is 1. The molecule has 2 saturated heterocycles. The minimum Gasteiger partial charge on any atom is -0.458 e. The Morgan fingerprint density at radius 2 is 1.65 bits per heavy atom. The summed E-state index contributed by atoms with van der Waals surface area (Å²) in [7, 11) is 0. The summed E-state index contributed by atoms with van der Waals surface area (Å²) in [5.41, 5.74) is 1.91. The van der Waals surface area contributed by atoms with Crippen molar-refractivity contribution < 1.29 is 33.5 Å². The van der Waals surface area contributed by atoms with E-state index in [9.17, 15) is 28.8 Å². The lowest BCUT2D eigenvalue weighted by Crippen LogP contribution is -2.60. The lowest BCUT2D eigenvalue weighted by molar-refractivity contribution is -0.156. The standard InChI is InChI=1S/C35H42N6O7/c1-4-11-28(42)39-29-21(3)48-35(47)30(24-19-36-25-15-9-8-14-23(24)25)40-32(44)27-16-10-17-41(27)34(46)20(2)37-31(43)26(38-33(29)45)18-22-12-6-5-7-13-22/h5-9,12-15,19-21,26-27,29-30,36H,4,10-11,16-18H2,1-3H3,(H,37,43)(H,38,45)(H,39,42)(H,40,44)/t20-,21+,26?,27?,29?,30?/m1/s1. The number of aromatic nitrogens is 1. The molecule has 13 nitrogen and oxygen atoms in total. The maximum absolute atomic E-state index is 14.0. The van der Waals surface area contributed by atoms with Crippen LogP contribution in [-0.2, 0) is 39.9 Å². The number of rotatable bonds is 6. The Morgan fingerprint density at radius 1 is 0.917 bits per heavy atom. The second-order valence-corrected chi connectivity index (χ2v) is 12.3. The van der Waals surface area contributed by atoms with Crippen LogP contribution in [0.25, 0.3) is 10.9 Å². The topological polar surface area (TPSA) is 179 Å². The molecule has 0 bridgehead atoms. The van der Waals surface area contributed by atoms with Gasteiger partial charge in [-0.1, -0.05) is 55.5 Å². The molecule has 13 heteroatoms. The average molecular weight is 659 g/mol. The summed E-state index contributed by atoms with van der Waals surface area (Å²) in [5, 5.41) is 11.6. The van der Waals surface area contributed by atoms with Crippen LogP contribution in [0.4, 0.5) is 0 Å². The summed E-state index contributed by atoms with van der Waals surface area (Å²) in [6.07, 6.45) is 2.02. The zero-order chi connectivity index (χ0) is 34.4. The number of para-hydroxylation sites is 1. The molecular formula is C35H42N6O7. The monoisotopic (exact) mass is 658 g/mol. The first kappa shape index (κ1) is 34.1. The summed E-state index contributed by atoms with van der Waals surface area (Å²) in [6, 6.07) is 10.5. The van der Waals surface area contributed by atoms with Gasteiger partial charge in [-0.2, -0.15) is 0 Å². The molecule has 2 fully saturated rings. The van der Waals surface area contributed by atoms with Gasteiger partial charge in [0.1, 0.15) is 30.3 Å². The number of H-pyrrole nitrogens is 1. The smallest absolute Gasteiger partial charge is 0.333 e. The number of carbonyl (C=O) groups excluding carboxylic acids is 6. The highest BCUT2D eigenvalue weighted by Crippen LogP contribution is 2.27. The van der Waals surface area contributed by atoms with Crippen molar-refractivity contribution in [3.8, 4) is 0 Å². The second-order valence-electron chi connectivity index (χ2n) is 12.3. The predicted molar refractivity (Wildman–Crippen MR) is 176 cm³/mol. The highest BCUT2D eigenvalue weighted by molar-refractivity contribution is 5.98. The van der Waals surface area contributed by atoms with Gasteiger partial charge >= 0.3 is 5.97 Å². The van der Waals surface area contributed by atoms with Crippen LogP contribution in [0.2, 0.25) is 0 Å². The molecule has 0 radical (unpaired) electrons. The van der Waals surface area contributed by atoms with Crippen molar-refractivity contribution in [3.05, 3.63) is 71.9 Å². The summed E-state index contributed by atoms with van der Waals surface area (Å²) in [4.78, 5) is 86.4. The molecule has 5 amide bonds. The van der Waals surface area contributed by atoms with Gasteiger partial charge in [0.2, 0.25) is 29.5 Å². The number of amides is 5. The van der Waals surface area contributed by atoms with E-state index in [4.69, 9.17) is 4.74 Å². The van der Waals surface area contributed by atoms with Crippen molar-refractivity contribution in [1.29, 1.82) is 0 Å². The van der Waals surface area contributed by atoms with Crippen LogP contribution in [0.5, 0.6) is 0 Å². The number of cyclic esters (lactones) is 1. The van der Waals surface area contributed by atoms with Crippen LogP contribution in [0.15, 0.2) is 60.8 Å². The number of nitrogens with one attached hydrogen (secondary N) is 5. The van der Waals surface area contributed by atoms with Gasteiger partial charge in [0.15, 0.2) is 6.04 Å². The summed E-state index contributed by atoms with van der Waals surface area (Å²) < 4.78 is 5.85. The molecular weight excluding hydrogens is 616 g/mol. The summed E-state index contributed by atoms with van der Waals surface area (Å²) >= 11 is 0. The Kier molecular flexibility index (Phi) is 10.8. The van der Waals surface area contributed by atoms with E-state index in [-0.39, 0.29) is 12.8 Å². The molecule has 48 heavy (non-hydrogen) atoms. The van der Waals surface area contributed by atoms with Gasteiger partial charge in [0, 0.05) is 42.0 Å². The fraction of sp³-hybridized carbons (Fsp3) is 0.429. The zero-order valence-electron chi connectivity index (χ0n) is 27.3. The zero-order valence-corrected chi connectivity index (χ0v) is 27.3. The van der Waals surface area contributed by atoms with Crippen LogP contribution in [0, 0.1) is 0 Å². The lowest BCUT2D eigenvalue weighted by atomic mass is 10.0. The number of fused-ring (bicyclic) bond motifs is 2. The highest BCUT2D eigenvalue weighted by Gasteiger charge is 2.41. The molecule has 3 heterocycles. The Bertz CT molecular complexity index is 1670. The number of aromatic amines is 1. The van der Waals surface area contributed by atoms with E-state index in [1.165, 1.54) is 18.7 Å². The molecule has 6 atom stereocenters. The molecule has 2 aromatic carbocycles. The number of ether oxygens (including phenoxy) is 1.